The van der Waals surface area contributed by atoms with Gasteiger partial charge in [0, 0.05) is 17.7 Å². The van der Waals surface area contributed by atoms with Crippen LogP contribution in [-0.2, 0) is 10.5 Å². The molecule has 0 fully saturated rings. The highest BCUT2D eigenvalue weighted by molar-refractivity contribution is 7.99. The molecule has 0 aliphatic rings. The van der Waals surface area contributed by atoms with Gasteiger partial charge in [0.05, 0.1) is 0 Å². The van der Waals surface area contributed by atoms with Gasteiger partial charge in [-0.2, -0.15) is 13.2 Å². The van der Waals surface area contributed by atoms with Gasteiger partial charge in [0.25, 0.3) is 0 Å². The minimum atomic E-state index is -4.60. The van der Waals surface area contributed by atoms with Crippen LogP contribution in [0.1, 0.15) is 27.9 Å². The van der Waals surface area contributed by atoms with E-state index in [0.717, 1.165) is 17.3 Å². The van der Waals surface area contributed by atoms with Crippen LogP contribution in [0.3, 0.4) is 0 Å². The van der Waals surface area contributed by atoms with E-state index >= 15 is 0 Å². The molecule has 0 N–H and O–H groups in total. The van der Waals surface area contributed by atoms with Crippen LogP contribution in [0.15, 0.2) is 91.0 Å². The summed E-state index contributed by atoms with van der Waals surface area (Å²) in [6.45, 7) is 0. The molecule has 0 spiro atoms. The lowest BCUT2D eigenvalue weighted by Crippen LogP contribution is -2.41. The first kappa shape index (κ1) is 20.2. The zero-order valence-electron chi connectivity index (χ0n) is 15.0. The third-order valence-electron chi connectivity index (χ3n) is 4.53. The van der Waals surface area contributed by atoms with Crippen molar-refractivity contribution in [1.29, 1.82) is 0 Å². The quantitative estimate of drug-likeness (QED) is 0.413. The van der Waals surface area contributed by atoms with Gasteiger partial charge < -0.3 is 0 Å². The van der Waals surface area contributed by atoms with Gasteiger partial charge in [-0.15, -0.1) is 11.8 Å². The van der Waals surface area contributed by atoms with Crippen molar-refractivity contribution >= 4 is 17.5 Å². The van der Waals surface area contributed by atoms with Crippen LogP contribution >= 0.6 is 11.8 Å². The zero-order valence-corrected chi connectivity index (χ0v) is 15.8. The molecule has 1 unspecified atom stereocenters. The van der Waals surface area contributed by atoms with Gasteiger partial charge in [-0.3, -0.25) is 4.79 Å². The molecule has 0 saturated heterocycles. The van der Waals surface area contributed by atoms with E-state index in [1.165, 1.54) is 12.1 Å². The average Bonchev–Trinajstić information content (AvgIpc) is 2.72. The van der Waals surface area contributed by atoms with Crippen LogP contribution in [0, 0.1) is 0 Å². The maximum absolute atomic E-state index is 14.5. The minimum absolute atomic E-state index is 0.0905. The number of carbonyl (C=O) groups is 1. The molecule has 3 aromatic rings. The molecule has 28 heavy (non-hydrogen) atoms. The molecule has 0 aromatic heterocycles. The topological polar surface area (TPSA) is 17.1 Å². The van der Waals surface area contributed by atoms with Crippen molar-refractivity contribution in [1.82, 2.24) is 0 Å². The Balaban J connectivity index is 2.01. The van der Waals surface area contributed by atoms with E-state index in [1.807, 2.05) is 6.07 Å². The lowest BCUT2D eigenvalue weighted by atomic mass is 9.90. The number of ketones is 1. The molecule has 0 aliphatic heterocycles. The Hall–Kier alpha value is -2.53. The molecule has 0 aliphatic carbocycles. The Kier molecular flexibility index (Phi) is 6.25. The van der Waals surface area contributed by atoms with Gasteiger partial charge >= 0.3 is 6.18 Å². The van der Waals surface area contributed by atoms with Crippen LogP contribution in [0.5, 0.6) is 0 Å². The van der Waals surface area contributed by atoms with Crippen LogP contribution in [0.4, 0.5) is 13.2 Å². The second-order valence-corrected chi connectivity index (χ2v) is 7.71. The normalized spacial score (nSPS) is 13.7. The van der Waals surface area contributed by atoms with E-state index in [4.69, 9.17) is 0 Å². The van der Waals surface area contributed by atoms with Gasteiger partial charge in [-0.25, -0.2) is 0 Å². The van der Waals surface area contributed by atoms with Crippen LogP contribution in [0.2, 0.25) is 0 Å². The molecule has 0 bridgehead atoms. The largest absolute Gasteiger partial charge is 0.407 e. The maximum Gasteiger partial charge on any atom is 0.407 e. The summed E-state index contributed by atoms with van der Waals surface area (Å²) in [5, 5.41) is 0. The number of benzene rings is 3. The Morgan fingerprint density at radius 1 is 0.750 bits per heavy atom. The van der Waals surface area contributed by atoms with E-state index in [9.17, 15) is 18.0 Å². The summed E-state index contributed by atoms with van der Waals surface area (Å²) in [6, 6.07) is 24.9. The first-order chi connectivity index (χ1) is 13.4. The van der Waals surface area contributed by atoms with Crippen molar-refractivity contribution in [2.24, 2.45) is 0 Å². The minimum Gasteiger partial charge on any atom is -0.294 e. The monoisotopic (exact) mass is 400 g/mol. The molecule has 1 atom stereocenters. The SMILES string of the molecule is O=C(CC(SCc1ccccc1)(c1ccccc1)C(F)(F)F)c1ccccc1. The second-order valence-electron chi connectivity index (χ2n) is 6.43. The number of halogens is 3. The molecule has 1 nitrogen and oxygen atoms in total. The number of alkyl halides is 3. The van der Waals surface area contributed by atoms with E-state index in [2.05, 4.69) is 0 Å². The van der Waals surface area contributed by atoms with Gasteiger partial charge in [-0.1, -0.05) is 91.0 Å². The van der Waals surface area contributed by atoms with Crippen LogP contribution in [-0.4, -0.2) is 12.0 Å². The van der Waals surface area contributed by atoms with Crippen molar-refractivity contribution < 1.29 is 18.0 Å². The summed E-state index contributed by atoms with van der Waals surface area (Å²) in [7, 11) is 0. The van der Waals surface area contributed by atoms with E-state index in [1.54, 1.807) is 72.8 Å². The molecule has 0 amide bonds. The summed E-state index contributed by atoms with van der Waals surface area (Å²) in [6.07, 6.45) is -5.25. The van der Waals surface area contributed by atoms with E-state index in [0.29, 0.717) is 0 Å². The lowest BCUT2D eigenvalue weighted by Gasteiger charge is -2.35. The number of thioether (sulfide) groups is 1. The fourth-order valence-electron chi connectivity index (χ4n) is 3.02. The molecule has 0 heterocycles. The van der Waals surface area contributed by atoms with Gasteiger partial charge in [0.2, 0.25) is 0 Å². The molecular weight excluding hydrogens is 381 g/mol. The Labute approximate surface area is 166 Å². The van der Waals surface area contributed by atoms with Gasteiger partial charge in [-0.05, 0) is 11.1 Å². The maximum atomic E-state index is 14.5. The highest BCUT2D eigenvalue weighted by atomic mass is 32.2. The summed E-state index contributed by atoms with van der Waals surface area (Å²) in [5.74, 6) is -0.375. The third kappa shape index (κ3) is 4.47. The Morgan fingerprint density at radius 3 is 1.79 bits per heavy atom. The molecule has 0 saturated carbocycles. The number of rotatable bonds is 7. The second kappa shape index (κ2) is 8.65. The smallest absolute Gasteiger partial charge is 0.294 e. The summed E-state index contributed by atoms with van der Waals surface area (Å²) in [5.41, 5.74) is 1.16. The zero-order chi connectivity index (χ0) is 20.0. The summed E-state index contributed by atoms with van der Waals surface area (Å²) >= 11 is 0.759. The average molecular weight is 400 g/mol. The Morgan fingerprint density at radius 2 is 1.25 bits per heavy atom. The number of Topliss-reactive ketones (excluding diaryl/α,β-unsaturated/α-hetero) is 1. The highest BCUT2D eigenvalue weighted by Crippen LogP contribution is 2.53. The molecular formula is C23H19F3OS. The molecule has 5 heteroatoms. The van der Waals surface area contributed by atoms with Crippen molar-refractivity contribution in [3.05, 3.63) is 108 Å². The van der Waals surface area contributed by atoms with Gasteiger partial charge in [0.15, 0.2) is 5.78 Å². The van der Waals surface area contributed by atoms with Gasteiger partial charge in [0.1, 0.15) is 4.75 Å². The number of hydrogen-bond donors (Lipinski definition) is 0. The number of carbonyl (C=O) groups excluding carboxylic acids is 1. The van der Waals surface area contributed by atoms with E-state index < -0.39 is 23.1 Å². The first-order valence-corrected chi connectivity index (χ1v) is 9.79. The standard InChI is InChI=1S/C23H19F3OS/c24-23(25,26)22(20-14-8-3-9-15-20,28-17-18-10-4-1-5-11-18)16-21(27)19-12-6-2-7-13-19/h1-15H,16-17H2. The van der Waals surface area contributed by atoms with Crippen LogP contribution < -0.4 is 0 Å². The predicted octanol–water partition coefficient (Wildman–Crippen LogP) is 6.65. The van der Waals surface area contributed by atoms with Crippen molar-refractivity contribution in [3.63, 3.8) is 0 Å². The van der Waals surface area contributed by atoms with Crippen molar-refractivity contribution in [3.8, 4) is 0 Å². The number of hydrogen-bond acceptors (Lipinski definition) is 2. The van der Waals surface area contributed by atoms with Crippen LogP contribution in [0.25, 0.3) is 0 Å². The fraction of sp³-hybridized carbons (Fsp3) is 0.174. The molecule has 0 radical (unpaired) electrons. The van der Waals surface area contributed by atoms with E-state index in [-0.39, 0.29) is 16.9 Å². The highest BCUT2D eigenvalue weighted by Gasteiger charge is 2.57. The van der Waals surface area contributed by atoms with Crippen molar-refractivity contribution in [2.75, 3.05) is 0 Å². The molecule has 3 aromatic carbocycles. The Bertz CT molecular complexity index is 895. The fourth-order valence-corrected chi connectivity index (χ4v) is 4.33. The summed E-state index contributed by atoms with van der Waals surface area (Å²) < 4.78 is 41.1. The first-order valence-electron chi connectivity index (χ1n) is 8.81. The molecule has 3 rings (SSSR count). The third-order valence-corrected chi connectivity index (χ3v) is 6.11. The van der Waals surface area contributed by atoms with Crippen molar-refractivity contribution in [2.45, 2.75) is 23.1 Å². The lowest BCUT2D eigenvalue weighted by molar-refractivity contribution is -0.161. The molecule has 144 valence electrons. The summed E-state index contributed by atoms with van der Waals surface area (Å²) in [4.78, 5) is 12.8. The predicted molar refractivity (Wildman–Crippen MR) is 107 cm³/mol.